The molecule has 0 saturated heterocycles. The molecule has 2 aromatic rings. The van der Waals surface area contributed by atoms with Crippen molar-refractivity contribution in [2.45, 2.75) is 6.92 Å². The number of hydrogen-bond acceptors (Lipinski definition) is 4. The molecule has 7 nitrogen and oxygen atoms in total. The molecule has 2 rings (SSSR count). The molecule has 0 spiro atoms. The maximum Gasteiger partial charge on any atom is 0.274 e. The van der Waals surface area contributed by atoms with E-state index in [0.29, 0.717) is 16.9 Å². The Labute approximate surface area is 109 Å². The first-order valence-electron chi connectivity index (χ1n) is 5.54. The fraction of sp³-hybridized carbons (Fsp3) is 0.167. The highest BCUT2D eigenvalue weighted by atomic mass is 16.6. The lowest BCUT2D eigenvalue weighted by Crippen LogP contribution is -2.16. The normalized spacial score (nSPS) is 10.2. The molecule has 0 aliphatic rings. The van der Waals surface area contributed by atoms with Gasteiger partial charge in [-0.15, -0.1) is 0 Å². The number of amides is 1. The number of aromatic nitrogens is 2. The molecular weight excluding hydrogens is 248 g/mol. The zero-order valence-electron chi connectivity index (χ0n) is 10.5. The van der Waals surface area contributed by atoms with Gasteiger partial charge >= 0.3 is 0 Å². The number of carbonyl (C=O) groups excluding carboxylic acids is 1. The molecule has 0 fully saturated rings. The summed E-state index contributed by atoms with van der Waals surface area (Å²) in [6.45, 7) is 1.59. The quantitative estimate of drug-likeness (QED) is 0.674. The number of hydrogen-bond donors (Lipinski definition) is 1. The maximum absolute atomic E-state index is 12.0. The summed E-state index contributed by atoms with van der Waals surface area (Å²) in [5.41, 5.74) is 1.19. The second-order valence-corrected chi connectivity index (χ2v) is 4.00. The van der Waals surface area contributed by atoms with Crippen molar-refractivity contribution in [3.63, 3.8) is 0 Å². The van der Waals surface area contributed by atoms with Crippen LogP contribution in [-0.4, -0.2) is 20.6 Å². The van der Waals surface area contributed by atoms with Gasteiger partial charge in [0.1, 0.15) is 5.69 Å². The summed E-state index contributed by atoms with van der Waals surface area (Å²) in [6, 6.07) is 6.12. The van der Waals surface area contributed by atoms with E-state index < -0.39 is 4.92 Å². The van der Waals surface area contributed by atoms with Gasteiger partial charge in [0.25, 0.3) is 11.6 Å². The van der Waals surface area contributed by atoms with Crippen molar-refractivity contribution in [1.29, 1.82) is 0 Å². The fourth-order valence-electron chi connectivity index (χ4n) is 1.74. The van der Waals surface area contributed by atoms with E-state index >= 15 is 0 Å². The Bertz CT molecular complexity index is 648. The summed E-state index contributed by atoms with van der Waals surface area (Å²) in [5, 5.41) is 17.4. The van der Waals surface area contributed by atoms with E-state index in [4.69, 9.17) is 0 Å². The monoisotopic (exact) mass is 260 g/mol. The molecule has 7 heteroatoms. The Morgan fingerprint density at radius 3 is 2.74 bits per heavy atom. The van der Waals surface area contributed by atoms with Crippen LogP contribution in [0, 0.1) is 17.0 Å². The molecule has 19 heavy (non-hydrogen) atoms. The molecule has 1 heterocycles. The third-order valence-corrected chi connectivity index (χ3v) is 2.80. The van der Waals surface area contributed by atoms with Crippen molar-refractivity contribution in [1.82, 2.24) is 9.78 Å². The largest absolute Gasteiger partial charge is 0.320 e. The molecule has 0 bridgehead atoms. The summed E-state index contributed by atoms with van der Waals surface area (Å²) in [7, 11) is 1.65. The Balaban J connectivity index is 2.30. The highest BCUT2D eigenvalue weighted by Gasteiger charge is 2.16. The van der Waals surface area contributed by atoms with E-state index in [1.54, 1.807) is 26.1 Å². The molecular formula is C12H12N4O3. The first-order chi connectivity index (χ1) is 9.00. The molecule has 1 aromatic carbocycles. The zero-order chi connectivity index (χ0) is 14.0. The summed E-state index contributed by atoms with van der Waals surface area (Å²) < 4.78 is 1.43. The van der Waals surface area contributed by atoms with Crippen molar-refractivity contribution in [3.05, 3.63) is 51.8 Å². The number of carbonyl (C=O) groups is 1. The Kier molecular flexibility index (Phi) is 3.28. The molecule has 0 aliphatic heterocycles. The molecule has 1 amide bonds. The van der Waals surface area contributed by atoms with Gasteiger partial charge in [-0.3, -0.25) is 19.6 Å². The Morgan fingerprint density at radius 2 is 2.16 bits per heavy atom. The van der Waals surface area contributed by atoms with Crippen LogP contribution in [0.2, 0.25) is 0 Å². The van der Waals surface area contributed by atoms with Gasteiger partial charge in [-0.05, 0) is 19.1 Å². The lowest BCUT2D eigenvalue weighted by molar-refractivity contribution is -0.385. The van der Waals surface area contributed by atoms with Crippen LogP contribution in [0.5, 0.6) is 0 Å². The fourth-order valence-corrected chi connectivity index (χ4v) is 1.74. The summed E-state index contributed by atoms with van der Waals surface area (Å²) in [5.74, 6) is -0.358. The van der Waals surface area contributed by atoms with Crippen LogP contribution >= 0.6 is 0 Å². The average Bonchev–Trinajstić information content (AvgIpc) is 2.77. The molecule has 1 aromatic heterocycles. The van der Waals surface area contributed by atoms with Gasteiger partial charge in [-0.2, -0.15) is 5.10 Å². The van der Waals surface area contributed by atoms with E-state index in [9.17, 15) is 14.9 Å². The first-order valence-corrected chi connectivity index (χ1v) is 5.54. The number of nitro benzene ring substituents is 1. The van der Waals surface area contributed by atoms with E-state index in [-0.39, 0.29) is 11.6 Å². The Morgan fingerprint density at radius 1 is 1.42 bits per heavy atom. The summed E-state index contributed by atoms with van der Waals surface area (Å²) in [6.07, 6.45) is 1.51. The maximum atomic E-state index is 12.0. The molecule has 0 unspecified atom stereocenters. The SMILES string of the molecule is Cc1c(NC(=O)c2ccnn2C)cccc1[N+](=O)[O-]. The second kappa shape index (κ2) is 4.89. The van der Waals surface area contributed by atoms with Gasteiger partial charge in [-0.25, -0.2) is 0 Å². The summed E-state index contributed by atoms with van der Waals surface area (Å²) in [4.78, 5) is 22.3. The van der Waals surface area contributed by atoms with Gasteiger partial charge in [0.05, 0.1) is 16.2 Å². The van der Waals surface area contributed by atoms with Crippen LogP contribution < -0.4 is 5.32 Å². The van der Waals surface area contributed by atoms with Crippen molar-refractivity contribution in [3.8, 4) is 0 Å². The van der Waals surface area contributed by atoms with Crippen LogP contribution in [0.3, 0.4) is 0 Å². The first kappa shape index (κ1) is 12.7. The number of nitrogens with one attached hydrogen (secondary N) is 1. The van der Waals surface area contributed by atoms with Gasteiger partial charge in [0.2, 0.25) is 0 Å². The predicted molar refractivity (Wildman–Crippen MR) is 69.0 cm³/mol. The van der Waals surface area contributed by atoms with Crippen molar-refractivity contribution < 1.29 is 9.72 Å². The third kappa shape index (κ3) is 2.44. The van der Waals surface area contributed by atoms with E-state index in [1.165, 1.54) is 23.0 Å². The van der Waals surface area contributed by atoms with E-state index in [0.717, 1.165) is 0 Å². The van der Waals surface area contributed by atoms with E-state index in [2.05, 4.69) is 10.4 Å². The minimum atomic E-state index is -0.477. The van der Waals surface area contributed by atoms with Crippen LogP contribution in [0.1, 0.15) is 16.1 Å². The van der Waals surface area contributed by atoms with Crippen LogP contribution in [0.15, 0.2) is 30.5 Å². The molecule has 0 saturated carbocycles. The summed E-state index contributed by atoms with van der Waals surface area (Å²) >= 11 is 0. The number of benzene rings is 1. The van der Waals surface area contributed by atoms with Gasteiger partial charge in [0.15, 0.2) is 0 Å². The van der Waals surface area contributed by atoms with Crippen LogP contribution in [0.25, 0.3) is 0 Å². The topological polar surface area (TPSA) is 90.1 Å². The number of aryl methyl sites for hydroxylation is 1. The molecule has 0 aliphatic carbocycles. The van der Waals surface area contributed by atoms with Crippen LogP contribution in [-0.2, 0) is 7.05 Å². The van der Waals surface area contributed by atoms with Crippen molar-refractivity contribution in [2.24, 2.45) is 7.05 Å². The number of nitro groups is 1. The zero-order valence-corrected chi connectivity index (χ0v) is 10.5. The lowest BCUT2D eigenvalue weighted by atomic mass is 10.1. The van der Waals surface area contributed by atoms with Gasteiger partial charge in [0, 0.05) is 19.3 Å². The highest BCUT2D eigenvalue weighted by Crippen LogP contribution is 2.25. The van der Waals surface area contributed by atoms with Gasteiger partial charge < -0.3 is 5.32 Å². The third-order valence-electron chi connectivity index (χ3n) is 2.80. The van der Waals surface area contributed by atoms with Gasteiger partial charge in [-0.1, -0.05) is 6.07 Å². The van der Waals surface area contributed by atoms with Crippen LogP contribution in [0.4, 0.5) is 11.4 Å². The predicted octanol–water partition coefficient (Wildman–Crippen LogP) is 1.89. The minimum Gasteiger partial charge on any atom is -0.320 e. The minimum absolute atomic E-state index is 0.0252. The molecule has 1 N–H and O–H groups in total. The highest BCUT2D eigenvalue weighted by molar-refractivity contribution is 6.03. The second-order valence-electron chi connectivity index (χ2n) is 4.00. The van der Waals surface area contributed by atoms with Crippen molar-refractivity contribution in [2.75, 3.05) is 5.32 Å². The van der Waals surface area contributed by atoms with Crippen molar-refractivity contribution >= 4 is 17.3 Å². The number of anilines is 1. The molecule has 0 radical (unpaired) electrons. The smallest absolute Gasteiger partial charge is 0.274 e. The molecule has 98 valence electrons. The number of nitrogens with zero attached hydrogens (tertiary/aromatic N) is 3. The van der Waals surface area contributed by atoms with E-state index in [1.807, 2.05) is 0 Å². The average molecular weight is 260 g/mol. The number of rotatable bonds is 3. The lowest BCUT2D eigenvalue weighted by Gasteiger charge is -2.08. The standard InChI is InChI=1S/C12H12N4O3/c1-8-9(4-3-5-10(8)16(18)19)14-12(17)11-6-7-13-15(11)2/h3-7H,1-2H3,(H,14,17). The Hall–Kier alpha value is -2.70. The molecule has 0 atom stereocenters.